The molecule has 78 valence electrons. The van der Waals surface area contributed by atoms with Gasteiger partial charge in [-0.25, -0.2) is 0 Å². The standard InChI is InChI=1S/C10H13BrClNO/c1-5-8(10(14)6(2)13)3-7(11)4-9(5)12/h3-4,6,10,14H,13H2,1-2H3. The van der Waals surface area contributed by atoms with E-state index in [4.69, 9.17) is 17.3 Å². The zero-order valence-corrected chi connectivity index (χ0v) is 10.4. The molecule has 0 aliphatic carbocycles. The Morgan fingerprint density at radius 3 is 2.57 bits per heavy atom. The van der Waals surface area contributed by atoms with E-state index in [0.29, 0.717) is 5.02 Å². The van der Waals surface area contributed by atoms with E-state index in [1.165, 1.54) is 0 Å². The van der Waals surface area contributed by atoms with Crippen LogP contribution in [0.15, 0.2) is 16.6 Å². The third-order valence-corrected chi connectivity index (χ3v) is 3.02. The van der Waals surface area contributed by atoms with Gasteiger partial charge in [0.05, 0.1) is 6.10 Å². The fraction of sp³-hybridized carbons (Fsp3) is 0.400. The minimum absolute atomic E-state index is 0.306. The third-order valence-electron chi connectivity index (χ3n) is 2.17. The molecule has 0 bridgehead atoms. The van der Waals surface area contributed by atoms with Crippen LogP contribution in [0.5, 0.6) is 0 Å². The molecule has 0 heterocycles. The molecular formula is C10H13BrClNO. The molecule has 1 aromatic carbocycles. The maximum Gasteiger partial charge on any atom is 0.0941 e. The molecule has 1 rings (SSSR count). The first-order valence-corrected chi connectivity index (χ1v) is 5.49. The van der Waals surface area contributed by atoms with Crippen LogP contribution in [0.4, 0.5) is 0 Å². The van der Waals surface area contributed by atoms with Gasteiger partial charge < -0.3 is 10.8 Å². The lowest BCUT2D eigenvalue weighted by atomic mass is 9.99. The van der Waals surface area contributed by atoms with Crippen LogP contribution in [0.3, 0.4) is 0 Å². The predicted molar refractivity (Wildman–Crippen MR) is 62.5 cm³/mol. The number of aliphatic hydroxyl groups is 1. The summed E-state index contributed by atoms with van der Waals surface area (Å²) >= 11 is 9.31. The second-order valence-corrected chi connectivity index (χ2v) is 4.73. The SMILES string of the molecule is Cc1c(Cl)cc(Br)cc1C(O)C(C)N. The highest BCUT2D eigenvalue weighted by molar-refractivity contribution is 9.10. The molecule has 1 aromatic rings. The van der Waals surface area contributed by atoms with Crippen molar-refractivity contribution in [1.82, 2.24) is 0 Å². The summed E-state index contributed by atoms with van der Waals surface area (Å²) in [6.07, 6.45) is -0.676. The number of rotatable bonds is 2. The molecule has 2 unspecified atom stereocenters. The Morgan fingerprint density at radius 2 is 2.07 bits per heavy atom. The molecular weight excluding hydrogens is 265 g/mol. The van der Waals surface area contributed by atoms with E-state index >= 15 is 0 Å². The van der Waals surface area contributed by atoms with Crippen molar-refractivity contribution in [2.24, 2.45) is 5.73 Å². The van der Waals surface area contributed by atoms with E-state index in [0.717, 1.165) is 15.6 Å². The largest absolute Gasteiger partial charge is 0.387 e. The van der Waals surface area contributed by atoms with Crippen LogP contribution in [-0.4, -0.2) is 11.1 Å². The zero-order valence-electron chi connectivity index (χ0n) is 8.09. The highest BCUT2D eigenvalue weighted by Crippen LogP contribution is 2.29. The first-order valence-electron chi connectivity index (χ1n) is 4.32. The lowest BCUT2D eigenvalue weighted by molar-refractivity contribution is 0.152. The molecule has 0 amide bonds. The lowest BCUT2D eigenvalue weighted by Crippen LogP contribution is -2.25. The molecule has 14 heavy (non-hydrogen) atoms. The van der Waals surface area contributed by atoms with Crippen LogP contribution < -0.4 is 5.73 Å². The van der Waals surface area contributed by atoms with Crippen molar-refractivity contribution in [3.63, 3.8) is 0 Å². The Kier molecular flexibility index (Phi) is 3.95. The fourth-order valence-corrected chi connectivity index (χ4v) is 2.09. The molecule has 0 saturated heterocycles. The summed E-state index contributed by atoms with van der Waals surface area (Å²) in [5.41, 5.74) is 7.28. The third kappa shape index (κ3) is 2.48. The van der Waals surface area contributed by atoms with Crippen molar-refractivity contribution in [3.05, 3.63) is 32.8 Å². The summed E-state index contributed by atoms with van der Waals surface area (Å²) in [7, 11) is 0. The van der Waals surface area contributed by atoms with Crippen LogP contribution in [0.25, 0.3) is 0 Å². The Hall–Kier alpha value is -0.0900. The molecule has 4 heteroatoms. The summed E-state index contributed by atoms with van der Waals surface area (Å²) in [5, 5.41) is 10.5. The first kappa shape index (κ1) is 12.0. The van der Waals surface area contributed by atoms with E-state index in [1.54, 1.807) is 13.0 Å². The van der Waals surface area contributed by atoms with Crippen molar-refractivity contribution in [3.8, 4) is 0 Å². The van der Waals surface area contributed by atoms with Gasteiger partial charge in [-0.3, -0.25) is 0 Å². The molecule has 3 N–H and O–H groups in total. The molecule has 0 saturated carbocycles. The summed E-state index contributed by atoms with van der Waals surface area (Å²) in [6, 6.07) is 3.34. The topological polar surface area (TPSA) is 46.2 Å². The number of nitrogens with two attached hydrogens (primary N) is 1. The lowest BCUT2D eigenvalue weighted by Gasteiger charge is -2.18. The quantitative estimate of drug-likeness (QED) is 0.874. The molecule has 0 fully saturated rings. The average Bonchev–Trinajstić information content (AvgIpc) is 2.09. The predicted octanol–water partition coefficient (Wildman–Crippen LogP) is 2.79. The first-order chi connectivity index (χ1) is 6.43. The van der Waals surface area contributed by atoms with Crippen molar-refractivity contribution in [2.45, 2.75) is 26.0 Å². The van der Waals surface area contributed by atoms with Gasteiger partial charge in [0.15, 0.2) is 0 Å². The van der Waals surface area contributed by atoms with E-state index in [1.807, 2.05) is 13.0 Å². The molecule has 0 radical (unpaired) electrons. The smallest absolute Gasteiger partial charge is 0.0941 e. The minimum Gasteiger partial charge on any atom is -0.387 e. The van der Waals surface area contributed by atoms with Gasteiger partial charge in [0.2, 0.25) is 0 Å². The van der Waals surface area contributed by atoms with E-state index in [-0.39, 0.29) is 6.04 Å². The average molecular weight is 279 g/mol. The number of hydrogen-bond acceptors (Lipinski definition) is 2. The van der Waals surface area contributed by atoms with Crippen LogP contribution >= 0.6 is 27.5 Å². The molecule has 0 aliphatic heterocycles. The van der Waals surface area contributed by atoms with E-state index in [9.17, 15) is 5.11 Å². The Balaban J connectivity index is 3.20. The second-order valence-electron chi connectivity index (χ2n) is 3.41. The summed E-state index contributed by atoms with van der Waals surface area (Å²) in [5.74, 6) is 0. The number of aliphatic hydroxyl groups excluding tert-OH is 1. The monoisotopic (exact) mass is 277 g/mol. The Morgan fingerprint density at radius 1 is 1.50 bits per heavy atom. The van der Waals surface area contributed by atoms with Crippen molar-refractivity contribution in [1.29, 1.82) is 0 Å². The normalized spacial score (nSPS) is 15.3. The molecule has 0 aliphatic rings. The summed E-state index contributed by atoms with van der Waals surface area (Å²) in [6.45, 7) is 3.63. The van der Waals surface area contributed by atoms with Gasteiger partial charge >= 0.3 is 0 Å². The summed E-state index contributed by atoms with van der Waals surface area (Å²) in [4.78, 5) is 0. The summed E-state index contributed by atoms with van der Waals surface area (Å²) < 4.78 is 0.850. The maximum absolute atomic E-state index is 9.82. The maximum atomic E-state index is 9.82. The van der Waals surface area contributed by atoms with Gasteiger partial charge in [-0.05, 0) is 37.1 Å². The van der Waals surface area contributed by atoms with Gasteiger partial charge in [0.1, 0.15) is 0 Å². The highest BCUT2D eigenvalue weighted by Gasteiger charge is 2.16. The minimum atomic E-state index is -0.676. The van der Waals surface area contributed by atoms with Crippen molar-refractivity contribution < 1.29 is 5.11 Å². The van der Waals surface area contributed by atoms with Gasteiger partial charge in [-0.1, -0.05) is 27.5 Å². The molecule has 0 spiro atoms. The van der Waals surface area contributed by atoms with Gasteiger partial charge in [-0.15, -0.1) is 0 Å². The number of hydrogen-bond donors (Lipinski definition) is 2. The van der Waals surface area contributed by atoms with Crippen LogP contribution in [0, 0.1) is 6.92 Å². The van der Waals surface area contributed by atoms with Crippen LogP contribution in [0.2, 0.25) is 5.02 Å². The zero-order chi connectivity index (χ0) is 10.9. The fourth-order valence-electron chi connectivity index (χ4n) is 1.26. The Bertz CT molecular complexity index is 341. The van der Waals surface area contributed by atoms with Crippen molar-refractivity contribution >= 4 is 27.5 Å². The van der Waals surface area contributed by atoms with Gasteiger partial charge in [0, 0.05) is 15.5 Å². The van der Waals surface area contributed by atoms with Crippen LogP contribution in [0.1, 0.15) is 24.2 Å². The molecule has 0 aromatic heterocycles. The van der Waals surface area contributed by atoms with E-state index in [2.05, 4.69) is 15.9 Å². The van der Waals surface area contributed by atoms with E-state index < -0.39 is 6.10 Å². The van der Waals surface area contributed by atoms with Crippen molar-refractivity contribution in [2.75, 3.05) is 0 Å². The van der Waals surface area contributed by atoms with Gasteiger partial charge in [0.25, 0.3) is 0 Å². The second kappa shape index (κ2) is 4.62. The highest BCUT2D eigenvalue weighted by atomic mass is 79.9. The molecule has 2 nitrogen and oxygen atoms in total. The number of benzene rings is 1. The Labute approximate surface area is 97.2 Å². The number of halogens is 2. The molecule has 2 atom stereocenters. The van der Waals surface area contributed by atoms with Crippen LogP contribution in [-0.2, 0) is 0 Å². The van der Waals surface area contributed by atoms with Gasteiger partial charge in [-0.2, -0.15) is 0 Å².